The van der Waals surface area contributed by atoms with E-state index in [1.165, 1.54) is 119 Å². The molecule has 0 saturated heterocycles. The lowest BCUT2D eigenvalue weighted by molar-refractivity contribution is 0.602. The first-order valence-electron chi connectivity index (χ1n) is 30.4. The van der Waals surface area contributed by atoms with Crippen LogP contribution in [0.5, 0.6) is 0 Å². The Bertz CT molecular complexity index is 3720. The van der Waals surface area contributed by atoms with E-state index in [2.05, 4.69) is 315 Å². The number of anilines is 6. The minimum absolute atomic E-state index is 1.10. The number of fused-ring (bicyclic) bond motifs is 1. The maximum Gasteiger partial charge on any atom is 0.0541 e. The molecule has 0 bridgehead atoms. The summed E-state index contributed by atoms with van der Waals surface area (Å²) in [4.78, 5) is 4.88. The molecule has 12 rings (SSSR count). The molecule has 2 heteroatoms. The third-order valence-corrected chi connectivity index (χ3v) is 16.6. The zero-order valence-corrected chi connectivity index (χ0v) is 48.7. The van der Waals surface area contributed by atoms with Gasteiger partial charge in [0.05, 0.1) is 11.4 Å². The first-order valence-corrected chi connectivity index (χ1v) is 30.4. The topological polar surface area (TPSA) is 6.48 Å². The zero-order chi connectivity index (χ0) is 56.9. The van der Waals surface area contributed by atoms with Crippen molar-refractivity contribution in [2.24, 2.45) is 0 Å². The van der Waals surface area contributed by atoms with Crippen molar-refractivity contribution in [3.8, 4) is 0 Å². The number of aryl methyl sites for hydroxylation is 2. The van der Waals surface area contributed by atoms with Crippen molar-refractivity contribution in [3.05, 3.63) is 308 Å². The van der Waals surface area contributed by atoms with E-state index in [-0.39, 0.29) is 0 Å². The van der Waals surface area contributed by atoms with Crippen LogP contribution in [0, 0.1) is 13.8 Å². The predicted molar refractivity (Wildman–Crippen MR) is 366 cm³/mol. The maximum absolute atomic E-state index is 2.44. The van der Waals surface area contributed by atoms with Gasteiger partial charge in [0.25, 0.3) is 0 Å². The normalized spacial score (nSPS) is 13.8. The quantitative estimate of drug-likeness (QED) is 0.0890. The molecule has 0 atom stereocenters. The molecule has 2 saturated carbocycles. The predicted octanol–water partition coefficient (Wildman–Crippen LogP) is 23.8. The fourth-order valence-corrected chi connectivity index (χ4v) is 11.8. The summed E-state index contributed by atoms with van der Waals surface area (Å²) >= 11 is 0. The molecule has 0 spiro atoms. The molecule has 0 heterocycles. The Hall–Kier alpha value is -9.50. The van der Waals surface area contributed by atoms with Crippen LogP contribution in [0.25, 0.3) is 71.5 Å². The lowest BCUT2D eigenvalue weighted by Crippen LogP contribution is -2.13. The van der Waals surface area contributed by atoms with Gasteiger partial charge in [-0.3, -0.25) is 0 Å². The van der Waals surface area contributed by atoms with Crippen molar-refractivity contribution in [1.82, 2.24) is 0 Å². The van der Waals surface area contributed by atoms with Crippen LogP contribution in [-0.4, -0.2) is 0 Å². The van der Waals surface area contributed by atoms with Crippen LogP contribution in [0.2, 0.25) is 0 Å². The van der Waals surface area contributed by atoms with E-state index in [9.17, 15) is 0 Å². The largest absolute Gasteiger partial charge is 0.310 e. The van der Waals surface area contributed by atoms with Gasteiger partial charge in [-0.1, -0.05) is 266 Å². The second kappa shape index (κ2) is 26.6. The van der Waals surface area contributed by atoms with Gasteiger partial charge in [0.15, 0.2) is 0 Å². The van der Waals surface area contributed by atoms with Crippen LogP contribution in [0.15, 0.2) is 242 Å². The third-order valence-electron chi connectivity index (χ3n) is 16.6. The highest BCUT2D eigenvalue weighted by Gasteiger charge is 2.21. The Morgan fingerprint density at radius 2 is 0.464 bits per heavy atom. The molecule has 2 aliphatic carbocycles. The van der Waals surface area contributed by atoms with Gasteiger partial charge in [0.2, 0.25) is 0 Å². The van der Waals surface area contributed by atoms with Gasteiger partial charge in [-0.05, 0) is 182 Å². The van der Waals surface area contributed by atoms with Crippen LogP contribution < -0.4 is 9.80 Å². The molecule has 0 radical (unpaired) electrons. The number of benzene rings is 10. The molecule has 10 aromatic carbocycles. The standard InChI is InChI=1S/C82H74N2/c1-61-17-21-63(22-18-61)25-27-65-29-33-67(34-30-65)37-39-69-41-49-75(50-42-69)83(77-53-45-73(46-54-77)59-71-11-5-3-6-12-71)81-57-58-82(80-16-10-9-15-79(80)81)84(78-55-47-74(48-56-78)60-72-13-7-4-8-14-72)76-51-43-70(44-52-76)40-38-68-35-31-66(32-36-68)28-26-64-23-19-62(2)20-24-64/h9-10,15-60H,3-8,11-14H2,1-2H3/b27-25+,28-26+,39-37+,40-38+. The zero-order valence-electron chi connectivity index (χ0n) is 48.7. The smallest absolute Gasteiger partial charge is 0.0541 e. The monoisotopic (exact) mass is 1090 g/mol. The lowest BCUT2D eigenvalue weighted by atomic mass is 9.93. The highest BCUT2D eigenvalue weighted by Crippen LogP contribution is 2.46. The second-order valence-electron chi connectivity index (χ2n) is 22.9. The Balaban J connectivity index is 0.864. The summed E-state index contributed by atoms with van der Waals surface area (Å²) in [5.41, 5.74) is 24.3. The molecule has 0 amide bonds. The second-order valence-corrected chi connectivity index (χ2v) is 22.9. The van der Waals surface area contributed by atoms with E-state index in [1.807, 2.05) is 0 Å². The molecular formula is C82H74N2. The van der Waals surface area contributed by atoms with E-state index in [0.29, 0.717) is 0 Å². The Morgan fingerprint density at radius 1 is 0.238 bits per heavy atom. The van der Waals surface area contributed by atoms with Crippen LogP contribution in [0.1, 0.15) is 131 Å². The first-order chi connectivity index (χ1) is 41.4. The Kier molecular flexibility index (Phi) is 17.4. The van der Waals surface area contributed by atoms with Gasteiger partial charge in [0.1, 0.15) is 0 Å². The Labute approximate surface area is 499 Å². The first kappa shape index (κ1) is 55.1. The van der Waals surface area contributed by atoms with E-state index in [0.717, 1.165) is 56.4 Å². The molecule has 10 aromatic rings. The maximum atomic E-state index is 2.44. The molecule has 2 fully saturated rings. The summed E-state index contributed by atoms with van der Waals surface area (Å²) in [6.07, 6.45) is 35.0. The van der Waals surface area contributed by atoms with Gasteiger partial charge in [-0.2, -0.15) is 0 Å². The molecule has 0 N–H and O–H groups in total. The van der Waals surface area contributed by atoms with E-state index in [1.54, 1.807) is 11.1 Å². The van der Waals surface area contributed by atoms with Crippen LogP contribution in [-0.2, 0) is 0 Å². The van der Waals surface area contributed by atoms with Crippen LogP contribution >= 0.6 is 0 Å². The summed E-state index contributed by atoms with van der Waals surface area (Å²) in [6.45, 7) is 4.25. The average molecular weight is 1090 g/mol. The van der Waals surface area contributed by atoms with Crippen LogP contribution in [0.4, 0.5) is 34.1 Å². The van der Waals surface area contributed by atoms with Crippen molar-refractivity contribution >= 4 is 106 Å². The van der Waals surface area contributed by atoms with Gasteiger partial charge < -0.3 is 9.80 Å². The van der Waals surface area contributed by atoms with Gasteiger partial charge >= 0.3 is 0 Å². The molecule has 0 unspecified atom stereocenters. The van der Waals surface area contributed by atoms with E-state index >= 15 is 0 Å². The summed E-state index contributed by atoms with van der Waals surface area (Å²) in [5, 5.41) is 2.34. The highest BCUT2D eigenvalue weighted by molar-refractivity contribution is 6.07. The van der Waals surface area contributed by atoms with E-state index < -0.39 is 0 Å². The molecule has 412 valence electrons. The number of allylic oxidation sites excluding steroid dienone is 2. The molecule has 2 aliphatic rings. The van der Waals surface area contributed by atoms with Crippen molar-refractivity contribution in [1.29, 1.82) is 0 Å². The van der Waals surface area contributed by atoms with Gasteiger partial charge in [-0.15, -0.1) is 0 Å². The SMILES string of the molecule is Cc1ccc(/C=C/c2ccc(/C=C/c3ccc(N(c4ccc(C=C5CCCCC5)cc4)c4ccc(N(c5ccc(C=C6CCCCC6)cc5)c5ccc(/C=C/c6ccc(/C=C/c7ccc(C)cc7)cc6)cc5)c5ccccc45)cc3)cc2)cc1. The van der Waals surface area contributed by atoms with Crippen molar-refractivity contribution in [2.75, 3.05) is 9.80 Å². The summed E-state index contributed by atoms with van der Waals surface area (Å²) in [7, 11) is 0. The number of rotatable bonds is 16. The number of nitrogens with zero attached hydrogens (tertiary/aromatic N) is 2. The van der Waals surface area contributed by atoms with Crippen molar-refractivity contribution in [2.45, 2.75) is 78.1 Å². The fraction of sp³-hybridized carbons (Fsp3) is 0.146. The molecule has 2 nitrogen and oxygen atoms in total. The average Bonchev–Trinajstić information content (AvgIpc) is 2.53. The Morgan fingerprint density at radius 3 is 0.726 bits per heavy atom. The molecule has 0 aromatic heterocycles. The summed E-state index contributed by atoms with van der Waals surface area (Å²) in [6, 6.07) is 84.9. The van der Waals surface area contributed by atoms with E-state index in [4.69, 9.17) is 0 Å². The molecule has 84 heavy (non-hydrogen) atoms. The summed E-state index contributed by atoms with van der Waals surface area (Å²) in [5.74, 6) is 0. The van der Waals surface area contributed by atoms with Gasteiger partial charge in [-0.25, -0.2) is 0 Å². The number of hydrogen-bond acceptors (Lipinski definition) is 2. The van der Waals surface area contributed by atoms with Crippen LogP contribution in [0.3, 0.4) is 0 Å². The van der Waals surface area contributed by atoms with Gasteiger partial charge in [0, 0.05) is 33.5 Å². The number of hydrogen-bond donors (Lipinski definition) is 0. The minimum Gasteiger partial charge on any atom is -0.310 e. The molecule has 0 aliphatic heterocycles. The lowest BCUT2D eigenvalue weighted by Gasteiger charge is -2.31. The van der Waals surface area contributed by atoms with Crippen molar-refractivity contribution in [3.63, 3.8) is 0 Å². The van der Waals surface area contributed by atoms with Crippen molar-refractivity contribution < 1.29 is 0 Å². The highest BCUT2D eigenvalue weighted by atomic mass is 15.2. The minimum atomic E-state index is 1.10. The molecular weight excluding hydrogens is 1010 g/mol. The third kappa shape index (κ3) is 14.0. The summed E-state index contributed by atoms with van der Waals surface area (Å²) < 4.78 is 0. The fourth-order valence-electron chi connectivity index (χ4n) is 11.8.